The third kappa shape index (κ3) is 3.48. The number of aryl methyl sites for hydroxylation is 1. The summed E-state index contributed by atoms with van der Waals surface area (Å²) in [5.74, 6) is 0.179. The highest BCUT2D eigenvalue weighted by Crippen LogP contribution is 2.29. The van der Waals surface area contributed by atoms with Crippen LogP contribution in [-0.4, -0.2) is 18.2 Å². The molecule has 3 heteroatoms. The van der Waals surface area contributed by atoms with E-state index >= 15 is 0 Å². The van der Waals surface area contributed by atoms with Crippen LogP contribution in [0.1, 0.15) is 43.7 Å². The molecule has 1 N–H and O–H groups in total. The van der Waals surface area contributed by atoms with Gasteiger partial charge in [0.2, 0.25) is 0 Å². The lowest BCUT2D eigenvalue weighted by Crippen LogP contribution is -2.08. The summed E-state index contributed by atoms with van der Waals surface area (Å²) in [4.78, 5) is 10.8. The minimum absolute atomic E-state index is 0.0911. The first-order valence-corrected chi connectivity index (χ1v) is 6.00. The predicted molar refractivity (Wildman–Crippen MR) is 67.7 cm³/mol. The zero-order valence-electron chi connectivity index (χ0n) is 10.7. The maximum absolute atomic E-state index is 10.8. The Bertz CT molecular complexity index is 385. The second kappa shape index (κ2) is 6.28. The average Bonchev–Trinajstić information content (AvgIpc) is 2.35. The number of carbonyl (C=O) groups is 1. The zero-order valence-corrected chi connectivity index (χ0v) is 10.7. The predicted octanol–water partition coefficient (Wildman–Crippen LogP) is 3.23. The molecule has 0 radical (unpaired) electrons. The van der Waals surface area contributed by atoms with Crippen molar-refractivity contribution in [2.45, 2.75) is 39.0 Å². The van der Waals surface area contributed by atoms with Crippen molar-refractivity contribution < 1.29 is 14.6 Å². The molecule has 1 aromatic rings. The lowest BCUT2D eigenvalue weighted by Gasteiger charge is -2.17. The van der Waals surface area contributed by atoms with E-state index in [4.69, 9.17) is 9.84 Å². The van der Waals surface area contributed by atoms with Gasteiger partial charge in [-0.3, -0.25) is 4.79 Å². The first-order valence-electron chi connectivity index (χ1n) is 6.00. The van der Waals surface area contributed by atoms with E-state index in [0.717, 1.165) is 24.2 Å². The Hall–Kier alpha value is -1.51. The maximum atomic E-state index is 10.8. The van der Waals surface area contributed by atoms with Gasteiger partial charge in [-0.2, -0.15) is 0 Å². The molecule has 94 valence electrons. The monoisotopic (exact) mass is 236 g/mol. The lowest BCUT2D eigenvalue weighted by molar-refractivity contribution is -0.137. The molecular formula is C14H20O3. The number of methoxy groups -OCH3 is 1. The average molecular weight is 236 g/mol. The van der Waals surface area contributed by atoms with Crippen LogP contribution in [0.5, 0.6) is 5.75 Å². The Kier molecular flexibility index (Phi) is 5.01. The molecule has 0 heterocycles. The van der Waals surface area contributed by atoms with E-state index in [9.17, 15) is 4.79 Å². The number of hydrogen-bond acceptors (Lipinski definition) is 2. The topological polar surface area (TPSA) is 46.5 Å². The molecule has 0 aromatic heterocycles. The van der Waals surface area contributed by atoms with Gasteiger partial charge in [-0.05, 0) is 42.0 Å². The summed E-state index contributed by atoms with van der Waals surface area (Å²) in [7, 11) is 1.64. The molecule has 0 aliphatic carbocycles. The quantitative estimate of drug-likeness (QED) is 0.824. The van der Waals surface area contributed by atoms with Gasteiger partial charge in [-0.1, -0.05) is 19.9 Å². The van der Waals surface area contributed by atoms with Crippen LogP contribution in [0.2, 0.25) is 0 Å². The number of hydrogen-bond donors (Lipinski definition) is 1. The van der Waals surface area contributed by atoms with Crippen molar-refractivity contribution in [2.24, 2.45) is 0 Å². The van der Waals surface area contributed by atoms with Crippen LogP contribution in [0.4, 0.5) is 0 Å². The van der Waals surface area contributed by atoms with Gasteiger partial charge in [0, 0.05) is 0 Å². The van der Waals surface area contributed by atoms with Crippen molar-refractivity contribution in [3.8, 4) is 5.75 Å². The summed E-state index contributed by atoms with van der Waals surface area (Å²) in [6, 6.07) is 5.90. The van der Waals surface area contributed by atoms with Crippen LogP contribution in [0.15, 0.2) is 18.2 Å². The van der Waals surface area contributed by atoms with Gasteiger partial charge in [0.1, 0.15) is 5.75 Å². The van der Waals surface area contributed by atoms with E-state index in [-0.39, 0.29) is 12.3 Å². The molecular weight excluding hydrogens is 216 g/mol. The molecule has 0 saturated heterocycles. The minimum Gasteiger partial charge on any atom is -0.497 e. The number of aliphatic carboxylic acids is 1. The van der Waals surface area contributed by atoms with Crippen LogP contribution < -0.4 is 4.74 Å². The van der Waals surface area contributed by atoms with E-state index in [1.807, 2.05) is 25.1 Å². The second-order valence-corrected chi connectivity index (χ2v) is 4.12. The summed E-state index contributed by atoms with van der Waals surface area (Å²) < 4.78 is 5.19. The van der Waals surface area contributed by atoms with Crippen molar-refractivity contribution in [2.75, 3.05) is 7.11 Å². The smallest absolute Gasteiger partial charge is 0.303 e. The number of ether oxygens (including phenoxy) is 1. The van der Waals surface area contributed by atoms with Crippen LogP contribution in [-0.2, 0) is 11.2 Å². The number of benzene rings is 1. The Morgan fingerprint density at radius 1 is 1.41 bits per heavy atom. The number of carboxylic acids is 1. The molecule has 1 aromatic carbocycles. The molecule has 0 amide bonds. The lowest BCUT2D eigenvalue weighted by atomic mass is 9.88. The number of carboxylic acid groups (broad SMARTS) is 1. The Balaban J connectivity index is 3.05. The van der Waals surface area contributed by atoms with E-state index in [0.29, 0.717) is 0 Å². The van der Waals surface area contributed by atoms with Crippen molar-refractivity contribution >= 4 is 5.97 Å². The van der Waals surface area contributed by atoms with Gasteiger partial charge in [0.15, 0.2) is 0 Å². The fourth-order valence-corrected chi connectivity index (χ4v) is 2.10. The Morgan fingerprint density at radius 3 is 2.59 bits per heavy atom. The first kappa shape index (κ1) is 13.6. The van der Waals surface area contributed by atoms with Gasteiger partial charge < -0.3 is 9.84 Å². The number of rotatable bonds is 6. The molecule has 0 fully saturated rings. The van der Waals surface area contributed by atoms with Crippen molar-refractivity contribution in [1.29, 1.82) is 0 Å². The van der Waals surface area contributed by atoms with Crippen molar-refractivity contribution in [3.05, 3.63) is 29.3 Å². The van der Waals surface area contributed by atoms with Gasteiger partial charge in [0.25, 0.3) is 0 Å². The Morgan fingerprint density at radius 2 is 2.12 bits per heavy atom. The van der Waals surface area contributed by atoms with E-state index in [1.54, 1.807) is 7.11 Å². The summed E-state index contributed by atoms with van der Waals surface area (Å²) >= 11 is 0. The summed E-state index contributed by atoms with van der Waals surface area (Å²) in [5, 5.41) is 8.92. The third-order valence-electron chi connectivity index (χ3n) is 3.08. The van der Waals surface area contributed by atoms with Gasteiger partial charge >= 0.3 is 5.97 Å². The highest BCUT2D eigenvalue weighted by atomic mass is 16.5. The minimum atomic E-state index is -0.741. The van der Waals surface area contributed by atoms with E-state index in [1.165, 1.54) is 5.56 Å². The van der Waals surface area contributed by atoms with Crippen molar-refractivity contribution in [3.63, 3.8) is 0 Å². The van der Waals surface area contributed by atoms with Gasteiger partial charge in [0.05, 0.1) is 13.5 Å². The highest BCUT2D eigenvalue weighted by Gasteiger charge is 2.16. The SMILES string of the molecule is CCc1cc(OC)ccc1C(CC)CC(=O)O. The molecule has 0 saturated carbocycles. The Labute approximate surface area is 102 Å². The van der Waals surface area contributed by atoms with E-state index < -0.39 is 5.97 Å². The zero-order chi connectivity index (χ0) is 12.8. The standard InChI is InChI=1S/C14H20O3/c1-4-10-8-12(17-3)6-7-13(10)11(5-2)9-14(15)16/h6-8,11H,4-5,9H2,1-3H3,(H,15,16). The first-order chi connectivity index (χ1) is 8.12. The fraction of sp³-hybridized carbons (Fsp3) is 0.500. The summed E-state index contributed by atoms with van der Waals surface area (Å²) in [6.07, 6.45) is 1.92. The normalized spacial score (nSPS) is 12.2. The molecule has 0 aliphatic heterocycles. The largest absolute Gasteiger partial charge is 0.497 e. The molecule has 1 unspecified atom stereocenters. The van der Waals surface area contributed by atoms with Crippen LogP contribution in [0.25, 0.3) is 0 Å². The van der Waals surface area contributed by atoms with E-state index in [2.05, 4.69) is 6.92 Å². The molecule has 1 atom stereocenters. The van der Waals surface area contributed by atoms with Gasteiger partial charge in [-0.15, -0.1) is 0 Å². The highest BCUT2D eigenvalue weighted by molar-refractivity contribution is 5.68. The molecule has 0 aliphatic rings. The second-order valence-electron chi connectivity index (χ2n) is 4.12. The molecule has 1 rings (SSSR count). The third-order valence-corrected chi connectivity index (χ3v) is 3.08. The molecule has 3 nitrogen and oxygen atoms in total. The molecule has 17 heavy (non-hydrogen) atoms. The summed E-state index contributed by atoms with van der Waals surface area (Å²) in [6.45, 7) is 4.10. The summed E-state index contributed by atoms with van der Waals surface area (Å²) in [5.41, 5.74) is 2.32. The fourth-order valence-electron chi connectivity index (χ4n) is 2.10. The maximum Gasteiger partial charge on any atom is 0.303 e. The van der Waals surface area contributed by atoms with Crippen molar-refractivity contribution in [1.82, 2.24) is 0 Å². The van der Waals surface area contributed by atoms with Crippen LogP contribution >= 0.6 is 0 Å². The van der Waals surface area contributed by atoms with Crippen LogP contribution in [0, 0.1) is 0 Å². The molecule has 0 bridgehead atoms. The van der Waals surface area contributed by atoms with Gasteiger partial charge in [-0.25, -0.2) is 0 Å². The van der Waals surface area contributed by atoms with Crippen LogP contribution in [0.3, 0.4) is 0 Å². The molecule has 0 spiro atoms.